The van der Waals surface area contributed by atoms with Gasteiger partial charge in [0.1, 0.15) is 17.5 Å². The van der Waals surface area contributed by atoms with Crippen molar-refractivity contribution in [2.75, 3.05) is 6.54 Å². The molecule has 0 aliphatic heterocycles. The fourth-order valence-electron chi connectivity index (χ4n) is 4.64. The number of nitrogens with one attached hydrogen (secondary N) is 3. The number of aromatic nitrogens is 2. The minimum absolute atomic E-state index is 0.162. The molecule has 3 N–H and O–H groups in total. The molecule has 0 spiro atoms. The van der Waals surface area contributed by atoms with Crippen molar-refractivity contribution in [1.82, 2.24) is 20.6 Å². The number of H-pyrrole nitrogens is 1. The van der Waals surface area contributed by atoms with E-state index in [1.165, 1.54) is 0 Å². The number of rotatable bonds is 13. The van der Waals surface area contributed by atoms with Crippen LogP contribution in [0.1, 0.15) is 55.1 Å². The van der Waals surface area contributed by atoms with Crippen molar-refractivity contribution >= 4 is 28.5 Å². The number of amides is 2. The highest BCUT2D eigenvalue weighted by Gasteiger charge is 2.22. The predicted molar refractivity (Wildman–Crippen MR) is 150 cm³/mol. The van der Waals surface area contributed by atoms with E-state index in [0.29, 0.717) is 25.8 Å². The average Bonchev–Trinajstić information content (AvgIpc) is 3.31. The zero-order valence-corrected chi connectivity index (χ0v) is 21.7. The molecule has 0 saturated heterocycles. The molecule has 1 atom stereocenters. The molecule has 2 aromatic heterocycles. The number of nitrogens with zero attached hydrogens (tertiary/aromatic N) is 1. The number of unbranched alkanes of at least 4 members (excludes halogenated alkanes) is 2. The highest BCUT2D eigenvalue weighted by Crippen LogP contribution is 2.30. The molecule has 0 fully saturated rings. The van der Waals surface area contributed by atoms with Gasteiger partial charge in [0.25, 0.3) is 5.91 Å². The zero-order valence-electron chi connectivity index (χ0n) is 21.7. The van der Waals surface area contributed by atoms with E-state index >= 15 is 0 Å². The maximum Gasteiger partial charge on any atom is 0.270 e. The number of fused-ring (bicyclic) bond motifs is 1. The maximum absolute atomic E-state index is 13.2. The van der Waals surface area contributed by atoms with Crippen LogP contribution in [0, 0.1) is 0 Å². The number of pyridine rings is 1. The van der Waals surface area contributed by atoms with Crippen molar-refractivity contribution < 1.29 is 14.4 Å². The first kappa shape index (κ1) is 26.8. The lowest BCUT2D eigenvalue weighted by molar-refractivity contribution is -0.123. The standard InChI is InChI=1S/C31H34N4O3/c1-22(36)12-4-2-7-18-28(35-31(38)27-17-10-11-20-32-27)30(37)33-21-19-25-24-15-8-9-16-26(24)34-29(25)23-13-5-3-6-14-23/h3,5-6,8-11,13-17,20,28,34H,2,4,7,12,18-19,21H2,1H3,(H,33,37)(H,35,38)/t28-/m0/s1. The van der Waals surface area contributed by atoms with E-state index in [0.717, 1.165) is 47.0 Å². The molecule has 0 bridgehead atoms. The Bertz CT molecular complexity index is 1370. The molecule has 38 heavy (non-hydrogen) atoms. The number of ketones is 1. The monoisotopic (exact) mass is 510 g/mol. The summed E-state index contributed by atoms with van der Waals surface area (Å²) in [6, 6.07) is 22.7. The normalized spacial score (nSPS) is 11.7. The van der Waals surface area contributed by atoms with E-state index in [-0.39, 0.29) is 23.3 Å². The number of hydrogen-bond acceptors (Lipinski definition) is 4. The van der Waals surface area contributed by atoms with Crippen LogP contribution in [0.5, 0.6) is 0 Å². The van der Waals surface area contributed by atoms with Gasteiger partial charge in [-0.1, -0.05) is 67.4 Å². The number of aromatic amines is 1. The van der Waals surface area contributed by atoms with Crippen LogP contribution in [0.3, 0.4) is 0 Å². The predicted octanol–water partition coefficient (Wildman–Crippen LogP) is 5.23. The molecule has 4 rings (SSSR count). The first-order chi connectivity index (χ1) is 18.5. The Kier molecular flexibility index (Phi) is 9.40. The number of Topliss-reactive ketones (excluding diaryl/α,β-unsaturated/α-hetero) is 1. The summed E-state index contributed by atoms with van der Waals surface area (Å²) < 4.78 is 0. The first-order valence-corrected chi connectivity index (χ1v) is 13.2. The van der Waals surface area contributed by atoms with Gasteiger partial charge in [-0.05, 0) is 55.5 Å². The van der Waals surface area contributed by atoms with Crippen molar-refractivity contribution in [1.29, 1.82) is 0 Å². The van der Waals surface area contributed by atoms with E-state index in [1.807, 2.05) is 30.3 Å². The van der Waals surface area contributed by atoms with Crippen LogP contribution in [0.4, 0.5) is 0 Å². The average molecular weight is 511 g/mol. The smallest absolute Gasteiger partial charge is 0.270 e. The summed E-state index contributed by atoms with van der Waals surface area (Å²) in [5, 5.41) is 7.03. The summed E-state index contributed by atoms with van der Waals surface area (Å²) in [6.45, 7) is 2.01. The Balaban J connectivity index is 1.43. The number of carbonyl (C=O) groups excluding carboxylic acids is 3. The van der Waals surface area contributed by atoms with Crippen LogP contribution >= 0.6 is 0 Å². The zero-order chi connectivity index (χ0) is 26.7. The van der Waals surface area contributed by atoms with Crippen LogP contribution in [-0.4, -0.2) is 40.2 Å². The van der Waals surface area contributed by atoms with Crippen molar-refractivity contribution in [2.24, 2.45) is 0 Å². The van der Waals surface area contributed by atoms with Gasteiger partial charge in [0.2, 0.25) is 5.91 Å². The SMILES string of the molecule is CC(=O)CCCCC[C@H](NC(=O)c1ccccn1)C(=O)NCCc1c(-c2ccccc2)[nH]c2ccccc12. The van der Waals surface area contributed by atoms with E-state index < -0.39 is 6.04 Å². The lowest BCUT2D eigenvalue weighted by Gasteiger charge is -2.18. The summed E-state index contributed by atoms with van der Waals surface area (Å²) in [4.78, 5) is 44.8. The van der Waals surface area contributed by atoms with Gasteiger partial charge in [0, 0.05) is 35.8 Å². The second kappa shape index (κ2) is 13.3. The molecular weight excluding hydrogens is 476 g/mol. The molecule has 2 heterocycles. The van der Waals surface area contributed by atoms with Gasteiger partial charge >= 0.3 is 0 Å². The van der Waals surface area contributed by atoms with Crippen LogP contribution in [0.2, 0.25) is 0 Å². The number of benzene rings is 2. The number of carbonyl (C=O) groups is 3. The summed E-state index contributed by atoms with van der Waals surface area (Å²) >= 11 is 0. The Morgan fingerprint density at radius 3 is 2.42 bits per heavy atom. The van der Waals surface area contributed by atoms with Gasteiger partial charge in [-0.15, -0.1) is 0 Å². The molecule has 0 unspecified atom stereocenters. The van der Waals surface area contributed by atoms with Crippen LogP contribution < -0.4 is 10.6 Å². The quantitative estimate of drug-likeness (QED) is 0.214. The van der Waals surface area contributed by atoms with E-state index in [1.54, 1.807) is 31.3 Å². The molecule has 0 aliphatic carbocycles. The molecule has 0 radical (unpaired) electrons. The molecule has 0 aliphatic rings. The van der Waals surface area contributed by atoms with Crippen LogP contribution in [0.25, 0.3) is 22.2 Å². The Labute approximate surface area is 223 Å². The van der Waals surface area contributed by atoms with Gasteiger partial charge in [-0.3, -0.25) is 14.6 Å². The van der Waals surface area contributed by atoms with Crippen molar-refractivity contribution in [2.45, 2.75) is 51.5 Å². The Morgan fingerprint density at radius 2 is 1.66 bits per heavy atom. The molecule has 2 aromatic carbocycles. The third kappa shape index (κ3) is 7.16. The van der Waals surface area contributed by atoms with Crippen molar-refractivity contribution in [3.63, 3.8) is 0 Å². The molecule has 7 nitrogen and oxygen atoms in total. The fourth-order valence-corrected chi connectivity index (χ4v) is 4.64. The summed E-state index contributed by atoms with van der Waals surface area (Å²) in [7, 11) is 0. The third-order valence-electron chi connectivity index (χ3n) is 6.59. The van der Waals surface area contributed by atoms with Gasteiger partial charge < -0.3 is 20.4 Å². The van der Waals surface area contributed by atoms with Gasteiger partial charge in [-0.25, -0.2) is 0 Å². The second-order valence-corrected chi connectivity index (χ2v) is 9.47. The minimum atomic E-state index is -0.682. The maximum atomic E-state index is 13.2. The van der Waals surface area contributed by atoms with Crippen molar-refractivity contribution in [3.8, 4) is 11.3 Å². The van der Waals surface area contributed by atoms with E-state index in [2.05, 4.69) is 44.9 Å². The Morgan fingerprint density at radius 1 is 0.895 bits per heavy atom. The van der Waals surface area contributed by atoms with E-state index in [9.17, 15) is 14.4 Å². The summed E-state index contributed by atoms with van der Waals surface area (Å²) in [6.07, 6.45) is 5.54. The molecule has 196 valence electrons. The number of para-hydroxylation sites is 1. The minimum Gasteiger partial charge on any atom is -0.354 e. The molecule has 4 aromatic rings. The molecule has 7 heteroatoms. The highest BCUT2D eigenvalue weighted by molar-refractivity contribution is 5.96. The third-order valence-corrected chi connectivity index (χ3v) is 6.59. The molecular formula is C31H34N4O3. The molecule has 2 amide bonds. The van der Waals surface area contributed by atoms with Gasteiger partial charge in [0.15, 0.2) is 0 Å². The van der Waals surface area contributed by atoms with Crippen molar-refractivity contribution in [3.05, 3.63) is 90.3 Å². The van der Waals surface area contributed by atoms with E-state index in [4.69, 9.17) is 0 Å². The first-order valence-electron chi connectivity index (χ1n) is 13.2. The summed E-state index contributed by atoms with van der Waals surface area (Å²) in [5.41, 5.74) is 4.61. The molecule has 0 saturated carbocycles. The van der Waals surface area contributed by atoms with Gasteiger partial charge in [0.05, 0.1) is 0 Å². The van der Waals surface area contributed by atoms with Crippen LogP contribution in [-0.2, 0) is 16.0 Å². The fraction of sp³-hybridized carbons (Fsp3) is 0.290. The van der Waals surface area contributed by atoms with Gasteiger partial charge in [-0.2, -0.15) is 0 Å². The second-order valence-electron chi connectivity index (χ2n) is 9.47. The summed E-state index contributed by atoms with van der Waals surface area (Å²) in [5.74, 6) is -0.436. The van der Waals surface area contributed by atoms with Crippen LogP contribution in [0.15, 0.2) is 79.0 Å². The Hall–Kier alpha value is -4.26. The lowest BCUT2D eigenvalue weighted by atomic mass is 10.0. The lowest BCUT2D eigenvalue weighted by Crippen LogP contribution is -2.47. The number of hydrogen-bond donors (Lipinski definition) is 3. The largest absolute Gasteiger partial charge is 0.354 e. The topological polar surface area (TPSA) is 104 Å². The highest BCUT2D eigenvalue weighted by atomic mass is 16.2.